The SMILES string of the molecule is OCCOCCNCc1cncs1. The Morgan fingerprint density at radius 2 is 2.46 bits per heavy atom. The van der Waals surface area contributed by atoms with Crippen molar-refractivity contribution in [2.45, 2.75) is 6.54 Å². The molecule has 13 heavy (non-hydrogen) atoms. The maximum atomic E-state index is 8.42. The highest BCUT2D eigenvalue weighted by Crippen LogP contribution is 2.03. The molecule has 0 atom stereocenters. The summed E-state index contributed by atoms with van der Waals surface area (Å²) in [5, 5.41) is 11.6. The molecule has 1 rings (SSSR count). The Labute approximate surface area is 81.6 Å². The van der Waals surface area contributed by atoms with Gasteiger partial charge >= 0.3 is 0 Å². The molecule has 1 aromatic rings. The maximum absolute atomic E-state index is 8.42. The zero-order valence-corrected chi connectivity index (χ0v) is 8.22. The maximum Gasteiger partial charge on any atom is 0.0794 e. The van der Waals surface area contributed by atoms with Crippen LogP contribution in [0.15, 0.2) is 11.7 Å². The number of hydrogen-bond donors (Lipinski definition) is 2. The molecule has 5 heteroatoms. The van der Waals surface area contributed by atoms with E-state index in [4.69, 9.17) is 9.84 Å². The lowest BCUT2D eigenvalue weighted by atomic mass is 10.5. The van der Waals surface area contributed by atoms with E-state index in [-0.39, 0.29) is 6.61 Å². The average molecular weight is 202 g/mol. The van der Waals surface area contributed by atoms with Crippen molar-refractivity contribution in [3.63, 3.8) is 0 Å². The summed E-state index contributed by atoms with van der Waals surface area (Å²) in [6.07, 6.45) is 1.85. The van der Waals surface area contributed by atoms with Crippen molar-refractivity contribution in [2.75, 3.05) is 26.4 Å². The van der Waals surface area contributed by atoms with Gasteiger partial charge in [0.2, 0.25) is 0 Å². The third-order valence-corrected chi connectivity index (χ3v) is 2.22. The first kappa shape index (κ1) is 10.6. The van der Waals surface area contributed by atoms with Gasteiger partial charge in [-0.15, -0.1) is 11.3 Å². The van der Waals surface area contributed by atoms with Gasteiger partial charge in [-0.05, 0) is 0 Å². The Hall–Kier alpha value is -0.490. The molecule has 0 aliphatic heterocycles. The molecule has 0 unspecified atom stereocenters. The molecular weight excluding hydrogens is 188 g/mol. The second kappa shape index (κ2) is 6.97. The van der Waals surface area contributed by atoms with Crippen LogP contribution in [0.2, 0.25) is 0 Å². The van der Waals surface area contributed by atoms with E-state index in [0.29, 0.717) is 13.2 Å². The molecule has 0 bridgehead atoms. The van der Waals surface area contributed by atoms with Crippen LogP contribution in [0, 0.1) is 0 Å². The van der Waals surface area contributed by atoms with E-state index in [1.807, 2.05) is 11.7 Å². The van der Waals surface area contributed by atoms with Gasteiger partial charge in [-0.1, -0.05) is 0 Å². The molecular formula is C8H14N2O2S. The molecule has 2 N–H and O–H groups in total. The molecule has 0 aliphatic carbocycles. The van der Waals surface area contributed by atoms with Gasteiger partial charge in [-0.2, -0.15) is 0 Å². The van der Waals surface area contributed by atoms with E-state index in [9.17, 15) is 0 Å². The fourth-order valence-corrected chi connectivity index (χ4v) is 1.42. The summed E-state index contributed by atoms with van der Waals surface area (Å²) in [5.41, 5.74) is 1.82. The second-order valence-electron chi connectivity index (χ2n) is 2.48. The normalized spacial score (nSPS) is 10.5. The minimum atomic E-state index is 0.0921. The molecule has 1 aromatic heterocycles. The van der Waals surface area contributed by atoms with Gasteiger partial charge in [0.1, 0.15) is 0 Å². The summed E-state index contributed by atoms with van der Waals surface area (Å²) in [4.78, 5) is 5.19. The zero-order valence-electron chi connectivity index (χ0n) is 7.40. The van der Waals surface area contributed by atoms with Crippen LogP contribution in [-0.2, 0) is 11.3 Å². The first-order valence-corrected chi connectivity index (χ1v) is 5.08. The number of aliphatic hydroxyl groups excluding tert-OH is 1. The lowest BCUT2D eigenvalue weighted by Crippen LogP contribution is -2.19. The fraction of sp³-hybridized carbons (Fsp3) is 0.625. The highest BCUT2D eigenvalue weighted by atomic mass is 32.1. The topological polar surface area (TPSA) is 54.4 Å². The van der Waals surface area contributed by atoms with Gasteiger partial charge in [0.05, 0.1) is 25.3 Å². The minimum absolute atomic E-state index is 0.0921. The molecule has 4 nitrogen and oxygen atoms in total. The summed E-state index contributed by atoms with van der Waals surface area (Å²) in [7, 11) is 0. The van der Waals surface area contributed by atoms with Gasteiger partial charge in [0, 0.05) is 24.2 Å². The molecule has 0 amide bonds. The molecule has 0 aliphatic rings. The summed E-state index contributed by atoms with van der Waals surface area (Å²) >= 11 is 1.64. The highest BCUT2D eigenvalue weighted by molar-refractivity contribution is 7.09. The number of aromatic nitrogens is 1. The average Bonchev–Trinajstić information content (AvgIpc) is 2.63. The van der Waals surface area contributed by atoms with Crippen LogP contribution in [-0.4, -0.2) is 36.5 Å². The monoisotopic (exact) mass is 202 g/mol. The predicted molar refractivity (Wildman–Crippen MR) is 51.7 cm³/mol. The third kappa shape index (κ3) is 4.94. The van der Waals surface area contributed by atoms with Crippen molar-refractivity contribution in [3.05, 3.63) is 16.6 Å². The minimum Gasteiger partial charge on any atom is -0.394 e. The van der Waals surface area contributed by atoms with Crippen molar-refractivity contribution >= 4 is 11.3 Å². The number of nitrogens with zero attached hydrogens (tertiary/aromatic N) is 1. The van der Waals surface area contributed by atoms with E-state index in [0.717, 1.165) is 13.1 Å². The smallest absolute Gasteiger partial charge is 0.0794 e. The highest BCUT2D eigenvalue weighted by Gasteiger charge is 1.92. The number of ether oxygens (including phenoxy) is 1. The van der Waals surface area contributed by atoms with Crippen LogP contribution in [0.3, 0.4) is 0 Å². The summed E-state index contributed by atoms with van der Waals surface area (Å²) in [6, 6.07) is 0. The molecule has 1 heterocycles. The number of aliphatic hydroxyl groups is 1. The first-order chi connectivity index (χ1) is 6.43. The Kier molecular flexibility index (Phi) is 5.67. The van der Waals surface area contributed by atoms with Gasteiger partial charge in [0.15, 0.2) is 0 Å². The van der Waals surface area contributed by atoms with Gasteiger partial charge in [-0.25, -0.2) is 0 Å². The van der Waals surface area contributed by atoms with Crippen LogP contribution in [0.5, 0.6) is 0 Å². The van der Waals surface area contributed by atoms with Crippen molar-refractivity contribution in [2.24, 2.45) is 0 Å². The standard InChI is InChI=1S/C8H14N2O2S/c11-2-4-12-3-1-9-5-8-6-10-7-13-8/h6-7,9,11H,1-5H2. The first-order valence-electron chi connectivity index (χ1n) is 4.20. The lowest BCUT2D eigenvalue weighted by molar-refractivity contribution is 0.0938. The Morgan fingerprint density at radius 1 is 1.54 bits per heavy atom. The largest absolute Gasteiger partial charge is 0.394 e. The van der Waals surface area contributed by atoms with Crippen LogP contribution >= 0.6 is 11.3 Å². The predicted octanol–water partition coefficient (Wildman–Crippen LogP) is 0.242. The number of nitrogens with one attached hydrogen (secondary N) is 1. The summed E-state index contributed by atoms with van der Waals surface area (Å²) < 4.78 is 5.08. The lowest BCUT2D eigenvalue weighted by Gasteiger charge is -2.02. The molecule has 0 aromatic carbocycles. The Balaban J connectivity index is 1.90. The molecule has 0 saturated carbocycles. The quantitative estimate of drug-likeness (QED) is 0.622. The van der Waals surface area contributed by atoms with E-state index in [2.05, 4.69) is 10.3 Å². The Bertz CT molecular complexity index is 204. The molecule has 0 fully saturated rings. The molecule has 0 spiro atoms. The van der Waals surface area contributed by atoms with Crippen LogP contribution in [0.4, 0.5) is 0 Å². The third-order valence-electron chi connectivity index (χ3n) is 1.44. The second-order valence-corrected chi connectivity index (χ2v) is 3.45. The number of thiazole rings is 1. The number of rotatable bonds is 7. The van der Waals surface area contributed by atoms with E-state index < -0.39 is 0 Å². The molecule has 0 radical (unpaired) electrons. The van der Waals surface area contributed by atoms with Gasteiger partial charge < -0.3 is 15.2 Å². The molecule has 74 valence electrons. The summed E-state index contributed by atoms with van der Waals surface area (Å²) in [5.74, 6) is 0. The fourth-order valence-electron chi connectivity index (χ4n) is 0.852. The molecule has 0 saturated heterocycles. The van der Waals surface area contributed by atoms with Gasteiger partial charge in [0.25, 0.3) is 0 Å². The van der Waals surface area contributed by atoms with Crippen molar-refractivity contribution < 1.29 is 9.84 Å². The summed E-state index contributed by atoms with van der Waals surface area (Å²) in [6.45, 7) is 2.79. The van der Waals surface area contributed by atoms with Crippen molar-refractivity contribution in [3.8, 4) is 0 Å². The zero-order chi connectivity index (χ0) is 9.36. The van der Waals surface area contributed by atoms with Crippen molar-refractivity contribution in [1.29, 1.82) is 0 Å². The van der Waals surface area contributed by atoms with Crippen LogP contribution in [0.1, 0.15) is 4.88 Å². The van der Waals surface area contributed by atoms with E-state index >= 15 is 0 Å². The van der Waals surface area contributed by atoms with Crippen LogP contribution < -0.4 is 5.32 Å². The van der Waals surface area contributed by atoms with Gasteiger partial charge in [-0.3, -0.25) is 4.98 Å². The number of hydrogen-bond acceptors (Lipinski definition) is 5. The Morgan fingerprint density at radius 3 is 3.15 bits per heavy atom. The van der Waals surface area contributed by atoms with E-state index in [1.54, 1.807) is 11.3 Å². The van der Waals surface area contributed by atoms with E-state index in [1.165, 1.54) is 4.88 Å². The van der Waals surface area contributed by atoms with Crippen molar-refractivity contribution in [1.82, 2.24) is 10.3 Å². The van der Waals surface area contributed by atoms with Crippen LogP contribution in [0.25, 0.3) is 0 Å².